The van der Waals surface area contributed by atoms with Crippen LogP contribution in [0, 0.1) is 34.9 Å². The highest BCUT2D eigenvalue weighted by Gasteiger charge is 2.39. The Bertz CT molecular complexity index is 1180. The highest BCUT2D eigenvalue weighted by atomic mass is 35.5. The summed E-state index contributed by atoms with van der Waals surface area (Å²) in [4.78, 5) is 41.2. The Morgan fingerprint density at radius 2 is 2.06 bits per heavy atom. The number of benzene rings is 1. The van der Waals surface area contributed by atoms with Crippen LogP contribution in [0.25, 0.3) is 10.9 Å². The van der Waals surface area contributed by atoms with E-state index < -0.39 is 17.8 Å². The molecule has 7 nitrogen and oxygen atoms in total. The zero-order valence-corrected chi connectivity index (χ0v) is 20.0. The Morgan fingerprint density at radius 1 is 1.32 bits per heavy atom. The van der Waals surface area contributed by atoms with Gasteiger partial charge in [0.1, 0.15) is 16.9 Å². The number of Topliss-reactive ketones (excluding diaryl/α,β-unsaturated/α-hetero) is 1. The number of hydrogen-bond donors (Lipinski definition) is 3. The number of carbonyl (C=O) groups is 3. The number of halogens is 2. The summed E-state index contributed by atoms with van der Waals surface area (Å²) in [7, 11) is 0. The van der Waals surface area contributed by atoms with Gasteiger partial charge in [-0.1, -0.05) is 24.4 Å². The average molecular weight is 487 g/mol. The van der Waals surface area contributed by atoms with Crippen molar-refractivity contribution in [2.24, 2.45) is 17.8 Å². The van der Waals surface area contributed by atoms with E-state index in [1.165, 1.54) is 12.1 Å². The van der Waals surface area contributed by atoms with Crippen LogP contribution in [0.5, 0.6) is 0 Å². The molecule has 34 heavy (non-hydrogen) atoms. The first kappa shape index (κ1) is 24.2. The van der Waals surface area contributed by atoms with Crippen molar-refractivity contribution < 1.29 is 18.8 Å². The van der Waals surface area contributed by atoms with Gasteiger partial charge in [-0.05, 0) is 57.2 Å². The molecular weight excluding hydrogens is 459 g/mol. The molecule has 2 amide bonds. The number of nitrogens with one attached hydrogen (secondary N) is 3. The molecule has 180 valence electrons. The van der Waals surface area contributed by atoms with Crippen molar-refractivity contribution in [1.82, 2.24) is 15.6 Å². The lowest BCUT2D eigenvalue weighted by molar-refractivity contribution is -0.127. The Labute approximate surface area is 202 Å². The predicted octanol–water partition coefficient (Wildman–Crippen LogP) is 4.26. The van der Waals surface area contributed by atoms with Crippen LogP contribution in [-0.2, 0) is 9.59 Å². The average Bonchev–Trinajstić information content (AvgIpc) is 3.41. The van der Waals surface area contributed by atoms with Crippen LogP contribution in [-0.4, -0.2) is 34.2 Å². The number of nitriles is 1. The van der Waals surface area contributed by atoms with Gasteiger partial charge < -0.3 is 15.6 Å². The van der Waals surface area contributed by atoms with E-state index in [2.05, 4.69) is 21.7 Å². The molecule has 1 aromatic carbocycles. The Hall–Kier alpha value is -2.92. The fraction of sp³-hybridized carbons (Fsp3) is 0.520. The minimum Gasteiger partial charge on any atom is -0.351 e. The molecule has 1 aliphatic heterocycles. The van der Waals surface area contributed by atoms with Gasteiger partial charge in [-0.3, -0.25) is 14.4 Å². The first-order valence-corrected chi connectivity index (χ1v) is 12.0. The monoisotopic (exact) mass is 486 g/mol. The summed E-state index contributed by atoms with van der Waals surface area (Å²) in [6, 6.07) is 5.66. The number of H-pyrrole nitrogens is 1. The lowest BCUT2D eigenvalue weighted by Crippen LogP contribution is -2.40. The zero-order chi connectivity index (χ0) is 24.6. The second-order valence-electron chi connectivity index (χ2n) is 10.2. The third-order valence-corrected chi connectivity index (χ3v) is 7.06. The van der Waals surface area contributed by atoms with E-state index in [9.17, 15) is 24.0 Å². The predicted molar refractivity (Wildman–Crippen MR) is 126 cm³/mol. The molecule has 9 heteroatoms. The molecule has 2 aliphatic rings. The Kier molecular flexibility index (Phi) is 6.68. The third kappa shape index (κ3) is 5.41. The number of aromatic nitrogens is 1. The molecule has 1 aromatic heterocycles. The number of hydrogen-bond acceptors (Lipinski definition) is 4. The van der Waals surface area contributed by atoms with Crippen molar-refractivity contribution in [3.63, 3.8) is 0 Å². The number of amides is 2. The molecular formula is C25H28ClFN4O3. The number of aromatic amines is 1. The largest absolute Gasteiger partial charge is 0.351 e. The molecule has 0 radical (unpaired) electrons. The highest BCUT2D eigenvalue weighted by Crippen LogP contribution is 2.37. The topological polar surface area (TPSA) is 115 Å². The van der Waals surface area contributed by atoms with Crippen LogP contribution in [0.2, 0.25) is 5.02 Å². The van der Waals surface area contributed by atoms with Crippen LogP contribution in [0.3, 0.4) is 0 Å². The minimum absolute atomic E-state index is 0.0374. The molecule has 2 fully saturated rings. The van der Waals surface area contributed by atoms with E-state index in [0.29, 0.717) is 29.7 Å². The number of fused-ring (bicyclic) bond motifs is 1. The van der Waals surface area contributed by atoms with Crippen molar-refractivity contribution in [3.8, 4) is 6.07 Å². The number of nitrogens with zero attached hydrogens (tertiary/aromatic N) is 1. The second kappa shape index (κ2) is 9.38. The molecule has 0 bridgehead atoms. The van der Waals surface area contributed by atoms with Crippen LogP contribution >= 0.6 is 11.6 Å². The summed E-state index contributed by atoms with van der Waals surface area (Å²) in [6.45, 7) is 3.85. The van der Waals surface area contributed by atoms with Gasteiger partial charge >= 0.3 is 0 Å². The SMILES string of the molecule is CC1(C)CC(CC(C#N)NC(=O)C(CC(=O)c2cc3ccc(F)c(Cl)c3[nH]2)CC2CC2)C(=O)N1. The van der Waals surface area contributed by atoms with E-state index >= 15 is 0 Å². The van der Waals surface area contributed by atoms with E-state index in [0.717, 1.165) is 12.8 Å². The first-order valence-electron chi connectivity index (χ1n) is 11.6. The molecule has 1 saturated heterocycles. The Balaban J connectivity index is 1.44. The van der Waals surface area contributed by atoms with Crippen molar-refractivity contribution in [1.29, 1.82) is 5.26 Å². The normalized spacial score (nSPS) is 21.0. The molecule has 2 aromatic rings. The summed E-state index contributed by atoms with van der Waals surface area (Å²) >= 11 is 6.01. The summed E-state index contributed by atoms with van der Waals surface area (Å²) in [6.07, 6.45) is 3.37. The zero-order valence-electron chi connectivity index (χ0n) is 19.2. The summed E-state index contributed by atoms with van der Waals surface area (Å²) in [5.74, 6) is -1.88. The summed E-state index contributed by atoms with van der Waals surface area (Å²) in [5.41, 5.74) is 0.270. The Morgan fingerprint density at radius 3 is 2.68 bits per heavy atom. The van der Waals surface area contributed by atoms with E-state index in [-0.39, 0.29) is 52.6 Å². The smallest absolute Gasteiger partial charge is 0.224 e. The molecule has 3 N–H and O–H groups in total. The van der Waals surface area contributed by atoms with Gasteiger partial charge in [-0.25, -0.2) is 4.39 Å². The number of rotatable bonds is 9. The fourth-order valence-corrected chi connectivity index (χ4v) is 4.99. The standard InChI is InChI=1S/C25H28ClFN4O3/c1-25(2)11-16(24(34)31-25)8-17(12-28)29-23(33)15(7-13-3-4-13)10-20(32)19-9-14-5-6-18(27)21(26)22(14)30-19/h5-6,9,13,15-17,30H,3-4,7-8,10-11H2,1-2H3,(H,29,33)(H,31,34). The maximum absolute atomic E-state index is 13.8. The third-order valence-electron chi connectivity index (χ3n) is 6.69. The molecule has 0 spiro atoms. The quantitative estimate of drug-likeness (QED) is 0.459. The van der Waals surface area contributed by atoms with E-state index in [4.69, 9.17) is 11.6 Å². The highest BCUT2D eigenvalue weighted by molar-refractivity contribution is 6.35. The van der Waals surface area contributed by atoms with Crippen LogP contribution in [0.1, 0.15) is 62.9 Å². The van der Waals surface area contributed by atoms with Gasteiger partial charge in [0, 0.05) is 29.2 Å². The van der Waals surface area contributed by atoms with Crippen molar-refractivity contribution >= 4 is 40.1 Å². The first-order chi connectivity index (χ1) is 16.1. The van der Waals surface area contributed by atoms with Gasteiger partial charge in [0.25, 0.3) is 0 Å². The molecule has 1 saturated carbocycles. The van der Waals surface area contributed by atoms with Gasteiger partial charge in [0.2, 0.25) is 11.8 Å². The molecule has 4 rings (SSSR count). The maximum atomic E-state index is 13.8. The van der Waals surface area contributed by atoms with Gasteiger partial charge in [0.15, 0.2) is 5.78 Å². The van der Waals surface area contributed by atoms with E-state index in [1.807, 2.05) is 13.8 Å². The van der Waals surface area contributed by atoms with Gasteiger partial charge in [-0.2, -0.15) is 5.26 Å². The van der Waals surface area contributed by atoms with Crippen LogP contribution < -0.4 is 10.6 Å². The molecule has 3 atom stereocenters. The minimum atomic E-state index is -0.816. The lowest BCUT2D eigenvalue weighted by atomic mass is 9.90. The molecule has 3 unspecified atom stereocenters. The van der Waals surface area contributed by atoms with E-state index in [1.54, 1.807) is 6.07 Å². The lowest BCUT2D eigenvalue weighted by Gasteiger charge is -2.20. The van der Waals surface area contributed by atoms with Crippen molar-refractivity contribution in [3.05, 3.63) is 34.7 Å². The van der Waals surface area contributed by atoms with Crippen molar-refractivity contribution in [2.45, 2.75) is 64.0 Å². The second-order valence-corrected chi connectivity index (χ2v) is 10.6. The summed E-state index contributed by atoms with van der Waals surface area (Å²) in [5, 5.41) is 15.8. The van der Waals surface area contributed by atoms with Gasteiger partial charge in [0.05, 0.1) is 17.3 Å². The number of ketones is 1. The van der Waals surface area contributed by atoms with Crippen LogP contribution in [0.4, 0.5) is 4.39 Å². The maximum Gasteiger partial charge on any atom is 0.224 e. The van der Waals surface area contributed by atoms with Crippen LogP contribution in [0.15, 0.2) is 18.2 Å². The fourth-order valence-electron chi connectivity index (χ4n) is 4.77. The molecule has 2 heterocycles. The van der Waals surface area contributed by atoms with Gasteiger partial charge in [-0.15, -0.1) is 0 Å². The molecule has 1 aliphatic carbocycles. The van der Waals surface area contributed by atoms with Crippen molar-refractivity contribution in [2.75, 3.05) is 0 Å². The summed E-state index contributed by atoms with van der Waals surface area (Å²) < 4.78 is 13.8. The number of carbonyl (C=O) groups excluding carboxylic acids is 3.